The van der Waals surface area contributed by atoms with E-state index in [9.17, 15) is 0 Å². The molecule has 1 heterocycles. The highest BCUT2D eigenvalue weighted by molar-refractivity contribution is 8.00. The predicted octanol–water partition coefficient (Wildman–Crippen LogP) is 2.96. The van der Waals surface area contributed by atoms with E-state index in [1.165, 1.54) is 11.3 Å². The molecule has 0 radical (unpaired) electrons. The molecule has 2 N–H and O–H groups in total. The van der Waals surface area contributed by atoms with E-state index < -0.39 is 0 Å². The number of rotatable bonds is 2. The minimum absolute atomic E-state index is 0.286. The number of nitrogens with two attached hydrogens (primary N) is 1. The number of benzene rings is 1. The molecule has 98 valence electrons. The van der Waals surface area contributed by atoms with Gasteiger partial charge in [0.25, 0.3) is 0 Å². The Hall–Kier alpha value is -0.740. The Labute approximate surface area is 119 Å². The summed E-state index contributed by atoms with van der Waals surface area (Å²) in [5.41, 5.74) is 9.34. The fourth-order valence-corrected chi connectivity index (χ4v) is 3.76. The molecule has 0 amide bonds. The van der Waals surface area contributed by atoms with Gasteiger partial charge in [-0.25, -0.2) is 0 Å². The van der Waals surface area contributed by atoms with Crippen molar-refractivity contribution in [2.24, 2.45) is 5.73 Å². The fraction of sp³-hybridized carbons (Fsp3) is 0.500. The molecular weight excluding hydrogens is 260 g/mol. The minimum Gasteiger partial charge on any atom is -0.389 e. The van der Waals surface area contributed by atoms with E-state index in [0.29, 0.717) is 4.99 Å². The zero-order chi connectivity index (χ0) is 13.3. The molecule has 0 aromatic heterocycles. The second-order valence-electron chi connectivity index (χ2n) is 5.37. The van der Waals surface area contributed by atoms with Crippen molar-refractivity contribution >= 4 is 34.7 Å². The number of thioether (sulfide) groups is 1. The molecule has 2 rings (SSSR count). The van der Waals surface area contributed by atoms with Gasteiger partial charge in [0.15, 0.2) is 0 Å². The summed E-state index contributed by atoms with van der Waals surface area (Å²) < 4.78 is 0.286. The van der Waals surface area contributed by atoms with E-state index in [1.807, 2.05) is 23.9 Å². The summed E-state index contributed by atoms with van der Waals surface area (Å²) in [4.78, 5) is 2.92. The Kier molecular flexibility index (Phi) is 3.87. The molecule has 1 aliphatic heterocycles. The van der Waals surface area contributed by atoms with Gasteiger partial charge < -0.3 is 10.6 Å². The van der Waals surface area contributed by atoms with Gasteiger partial charge in [-0.15, -0.1) is 0 Å². The van der Waals surface area contributed by atoms with Crippen LogP contribution in [0.5, 0.6) is 0 Å². The second kappa shape index (κ2) is 5.10. The van der Waals surface area contributed by atoms with Crippen LogP contribution in [0.1, 0.15) is 25.0 Å². The number of nitrogens with zero attached hydrogens (tertiary/aromatic N) is 1. The Morgan fingerprint density at radius 1 is 1.44 bits per heavy atom. The van der Waals surface area contributed by atoms with Crippen molar-refractivity contribution < 1.29 is 0 Å². The quantitative estimate of drug-likeness (QED) is 0.843. The van der Waals surface area contributed by atoms with E-state index in [1.54, 1.807) is 0 Å². The van der Waals surface area contributed by atoms with Crippen LogP contribution in [0.2, 0.25) is 0 Å². The third kappa shape index (κ3) is 2.81. The molecule has 0 aliphatic carbocycles. The van der Waals surface area contributed by atoms with E-state index in [2.05, 4.69) is 31.7 Å². The molecule has 18 heavy (non-hydrogen) atoms. The number of para-hydroxylation sites is 1. The SMILES string of the molecule is Cc1cccc(C(N)=S)c1N1CCSC(C)(C)C1. The van der Waals surface area contributed by atoms with Crippen LogP contribution in [0.3, 0.4) is 0 Å². The normalized spacial score (nSPS) is 18.7. The predicted molar refractivity (Wildman–Crippen MR) is 85.8 cm³/mol. The molecule has 0 unspecified atom stereocenters. The zero-order valence-electron chi connectivity index (χ0n) is 11.2. The van der Waals surface area contributed by atoms with E-state index in [4.69, 9.17) is 18.0 Å². The molecule has 1 aromatic carbocycles. The van der Waals surface area contributed by atoms with Crippen LogP contribution in [-0.2, 0) is 0 Å². The van der Waals surface area contributed by atoms with Crippen LogP contribution < -0.4 is 10.6 Å². The highest BCUT2D eigenvalue weighted by atomic mass is 32.2. The first kappa shape index (κ1) is 13.7. The van der Waals surface area contributed by atoms with E-state index in [0.717, 1.165) is 24.4 Å². The van der Waals surface area contributed by atoms with Crippen molar-refractivity contribution in [3.8, 4) is 0 Å². The monoisotopic (exact) mass is 280 g/mol. The lowest BCUT2D eigenvalue weighted by Gasteiger charge is -2.40. The molecule has 2 nitrogen and oxygen atoms in total. The lowest BCUT2D eigenvalue weighted by atomic mass is 10.0. The molecule has 0 bridgehead atoms. The first-order valence-electron chi connectivity index (χ1n) is 6.19. The average Bonchev–Trinajstić information content (AvgIpc) is 2.27. The van der Waals surface area contributed by atoms with Crippen molar-refractivity contribution in [2.45, 2.75) is 25.5 Å². The molecule has 4 heteroatoms. The molecule has 1 aliphatic rings. The molecule has 1 aromatic rings. The Morgan fingerprint density at radius 2 is 2.17 bits per heavy atom. The number of anilines is 1. The summed E-state index contributed by atoms with van der Waals surface area (Å²) in [6.07, 6.45) is 0. The molecule has 0 saturated carbocycles. The number of hydrogen-bond acceptors (Lipinski definition) is 3. The minimum atomic E-state index is 0.286. The Balaban J connectivity index is 2.41. The number of thiocarbonyl (C=S) groups is 1. The highest BCUT2D eigenvalue weighted by Gasteiger charge is 2.29. The fourth-order valence-electron chi connectivity index (χ4n) is 2.48. The van der Waals surface area contributed by atoms with Crippen molar-refractivity contribution in [3.05, 3.63) is 29.3 Å². The van der Waals surface area contributed by atoms with Crippen molar-refractivity contribution in [3.63, 3.8) is 0 Å². The first-order chi connectivity index (χ1) is 8.41. The maximum absolute atomic E-state index is 5.86. The van der Waals surface area contributed by atoms with Crippen LogP contribution in [0.25, 0.3) is 0 Å². The molecule has 0 spiro atoms. The standard InChI is InChI=1S/C14H20N2S2/c1-10-5-4-6-11(13(15)17)12(10)16-7-8-18-14(2,3)9-16/h4-6H,7-9H2,1-3H3,(H2,15,17). The Bertz CT molecular complexity index is 469. The largest absolute Gasteiger partial charge is 0.389 e. The summed E-state index contributed by atoms with van der Waals surface area (Å²) >= 11 is 7.21. The summed E-state index contributed by atoms with van der Waals surface area (Å²) in [5, 5.41) is 0. The van der Waals surface area contributed by atoms with Gasteiger partial charge in [0, 0.05) is 34.8 Å². The molecule has 1 saturated heterocycles. The maximum Gasteiger partial charge on any atom is 0.106 e. The summed E-state index contributed by atoms with van der Waals surface area (Å²) in [6, 6.07) is 6.18. The summed E-state index contributed by atoms with van der Waals surface area (Å²) in [7, 11) is 0. The van der Waals surface area contributed by atoms with Crippen LogP contribution in [-0.4, -0.2) is 28.6 Å². The highest BCUT2D eigenvalue weighted by Crippen LogP contribution is 2.35. The van der Waals surface area contributed by atoms with Crippen molar-refractivity contribution in [2.75, 3.05) is 23.7 Å². The third-order valence-electron chi connectivity index (χ3n) is 3.25. The van der Waals surface area contributed by atoms with E-state index >= 15 is 0 Å². The molecule has 0 atom stereocenters. The van der Waals surface area contributed by atoms with Crippen molar-refractivity contribution in [1.29, 1.82) is 0 Å². The van der Waals surface area contributed by atoms with Crippen LogP contribution in [0.4, 0.5) is 5.69 Å². The van der Waals surface area contributed by atoms with Gasteiger partial charge in [0.05, 0.1) is 0 Å². The van der Waals surface area contributed by atoms with Gasteiger partial charge in [-0.2, -0.15) is 11.8 Å². The lowest BCUT2D eigenvalue weighted by molar-refractivity contribution is 0.646. The van der Waals surface area contributed by atoms with Gasteiger partial charge in [-0.05, 0) is 32.4 Å². The summed E-state index contributed by atoms with van der Waals surface area (Å²) in [5.74, 6) is 1.15. The molecular formula is C14H20N2S2. The van der Waals surface area contributed by atoms with Gasteiger partial charge >= 0.3 is 0 Å². The molecule has 1 fully saturated rings. The second-order valence-corrected chi connectivity index (χ2v) is 7.61. The average molecular weight is 280 g/mol. The third-order valence-corrected chi connectivity index (χ3v) is 4.76. The van der Waals surface area contributed by atoms with Gasteiger partial charge in [-0.3, -0.25) is 0 Å². The van der Waals surface area contributed by atoms with Crippen LogP contribution in [0.15, 0.2) is 18.2 Å². The number of aryl methyl sites for hydroxylation is 1. The lowest BCUT2D eigenvalue weighted by Crippen LogP contribution is -2.44. The number of hydrogen-bond donors (Lipinski definition) is 1. The van der Waals surface area contributed by atoms with Gasteiger partial charge in [0.1, 0.15) is 4.99 Å². The smallest absolute Gasteiger partial charge is 0.106 e. The zero-order valence-corrected chi connectivity index (χ0v) is 12.8. The van der Waals surface area contributed by atoms with Crippen LogP contribution in [0, 0.1) is 6.92 Å². The van der Waals surface area contributed by atoms with Crippen molar-refractivity contribution in [1.82, 2.24) is 0 Å². The van der Waals surface area contributed by atoms with Gasteiger partial charge in [-0.1, -0.05) is 24.4 Å². The topological polar surface area (TPSA) is 29.3 Å². The van der Waals surface area contributed by atoms with Crippen LogP contribution >= 0.6 is 24.0 Å². The maximum atomic E-state index is 5.86. The van der Waals surface area contributed by atoms with Gasteiger partial charge in [0.2, 0.25) is 0 Å². The van der Waals surface area contributed by atoms with E-state index in [-0.39, 0.29) is 4.75 Å². The summed E-state index contributed by atoms with van der Waals surface area (Å²) in [6.45, 7) is 8.82. The first-order valence-corrected chi connectivity index (χ1v) is 7.58. The Morgan fingerprint density at radius 3 is 2.78 bits per heavy atom.